The third kappa shape index (κ3) is 5.64. The van der Waals surface area contributed by atoms with E-state index in [1.54, 1.807) is 0 Å². The van der Waals surface area contributed by atoms with Crippen molar-refractivity contribution in [3.05, 3.63) is 101 Å². The maximum atomic E-state index is 5.09. The molecule has 1 aliphatic heterocycles. The van der Waals surface area contributed by atoms with Gasteiger partial charge in [0.2, 0.25) is 0 Å². The number of benzene rings is 3. The van der Waals surface area contributed by atoms with E-state index in [9.17, 15) is 0 Å². The highest BCUT2D eigenvalue weighted by atomic mass is 28.3. The molecule has 0 fully saturated rings. The fourth-order valence-electron chi connectivity index (χ4n) is 3.97. The van der Waals surface area contributed by atoms with Crippen LogP contribution < -0.4 is 5.01 Å². The molecule has 1 unspecified atom stereocenters. The predicted octanol–water partition coefficient (Wildman–Crippen LogP) is 7.57. The van der Waals surface area contributed by atoms with E-state index >= 15 is 0 Å². The van der Waals surface area contributed by atoms with Crippen molar-refractivity contribution in [1.29, 1.82) is 0 Å². The van der Waals surface area contributed by atoms with Gasteiger partial charge in [-0.25, -0.2) is 0 Å². The lowest BCUT2D eigenvalue weighted by atomic mass is 9.86. The van der Waals surface area contributed by atoms with Crippen LogP contribution in [-0.4, -0.2) is 13.8 Å². The number of hydrazone groups is 1. The van der Waals surface area contributed by atoms with E-state index in [2.05, 4.69) is 136 Å². The molecule has 0 N–H and O–H groups in total. The van der Waals surface area contributed by atoms with E-state index in [4.69, 9.17) is 5.10 Å². The summed E-state index contributed by atoms with van der Waals surface area (Å²) < 4.78 is 0. The summed E-state index contributed by atoms with van der Waals surface area (Å²) in [5.41, 5.74) is 10.7. The molecular weight excluding hydrogens is 416 g/mol. The van der Waals surface area contributed by atoms with Crippen molar-refractivity contribution in [2.75, 3.05) is 5.01 Å². The number of para-hydroxylation sites is 1. The molecule has 3 heteroatoms. The van der Waals surface area contributed by atoms with Crippen LogP contribution in [0.25, 0.3) is 0 Å². The Bertz CT molecular complexity index is 1180. The van der Waals surface area contributed by atoms with Gasteiger partial charge >= 0.3 is 0 Å². The van der Waals surface area contributed by atoms with Crippen LogP contribution in [0.2, 0.25) is 19.6 Å². The molecule has 0 amide bonds. The molecule has 3 aromatic rings. The van der Waals surface area contributed by atoms with Crippen LogP contribution in [0.3, 0.4) is 0 Å². The number of anilines is 1. The van der Waals surface area contributed by atoms with Crippen LogP contribution >= 0.6 is 0 Å². The summed E-state index contributed by atoms with van der Waals surface area (Å²) in [6, 6.07) is 28.3. The van der Waals surface area contributed by atoms with Gasteiger partial charge in [-0.05, 0) is 46.4 Å². The van der Waals surface area contributed by atoms with Gasteiger partial charge in [-0.3, -0.25) is 5.01 Å². The number of rotatable bonds is 3. The lowest BCUT2D eigenvalue weighted by Crippen LogP contribution is -2.19. The summed E-state index contributed by atoms with van der Waals surface area (Å²) in [7, 11) is -1.38. The van der Waals surface area contributed by atoms with Gasteiger partial charge in [-0.1, -0.05) is 101 Å². The first-order chi connectivity index (χ1) is 15.6. The second kappa shape index (κ2) is 9.04. The number of hydrogen-bond acceptors (Lipinski definition) is 2. The van der Waals surface area contributed by atoms with Crippen molar-refractivity contribution in [1.82, 2.24) is 0 Å². The Balaban J connectivity index is 1.64. The molecule has 1 heterocycles. The zero-order valence-corrected chi connectivity index (χ0v) is 21.7. The summed E-state index contributed by atoms with van der Waals surface area (Å²) in [6.45, 7) is 13.6. The fraction of sp³-hybridized carbons (Fsp3) is 0.300. The maximum Gasteiger partial charge on any atom is 0.129 e. The second-order valence-electron chi connectivity index (χ2n) is 10.9. The van der Waals surface area contributed by atoms with Crippen molar-refractivity contribution in [2.24, 2.45) is 5.10 Å². The monoisotopic (exact) mass is 450 g/mol. The normalized spacial score (nSPS) is 16.2. The number of hydrogen-bond donors (Lipinski definition) is 0. The highest BCUT2D eigenvalue weighted by molar-refractivity contribution is 6.83. The molecule has 0 aromatic heterocycles. The van der Waals surface area contributed by atoms with Crippen molar-refractivity contribution >= 4 is 19.5 Å². The Morgan fingerprint density at radius 3 is 2.06 bits per heavy atom. The minimum atomic E-state index is -1.38. The minimum Gasteiger partial charge on any atom is -0.257 e. The largest absolute Gasteiger partial charge is 0.257 e. The molecule has 3 aromatic carbocycles. The average molecular weight is 451 g/mol. The Hall–Kier alpha value is -3.09. The number of nitrogens with zero attached hydrogens (tertiary/aromatic N) is 2. The fourth-order valence-corrected chi connectivity index (χ4v) is 4.49. The van der Waals surface area contributed by atoms with Gasteiger partial charge in [-0.15, -0.1) is 5.54 Å². The standard InChI is InChI=1S/C30H34N2Si/c1-30(2,3)26-18-16-25(17-19-26)29-22-28(31-32(29)27-10-8-7-9-11-27)24-14-12-23(13-15-24)20-21-33(4,5)6/h7-19,29H,22H2,1-6H3. The van der Waals surface area contributed by atoms with E-state index in [1.807, 2.05) is 0 Å². The highest BCUT2D eigenvalue weighted by Crippen LogP contribution is 2.37. The van der Waals surface area contributed by atoms with Gasteiger partial charge in [0.15, 0.2) is 0 Å². The molecular formula is C30H34N2Si. The Labute approximate surface area is 200 Å². The highest BCUT2D eigenvalue weighted by Gasteiger charge is 2.30. The molecule has 0 saturated heterocycles. The smallest absolute Gasteiger partial charge is 0.129 e. The summed E-state index contributed by atoms with van der Waals surface area (Å²) >= 11 is 0. The molecule has 33 heavy (non-hydrogen) atoms. The first kappa shape index (κ1) is 23.1. The quantitative estimate of drug-likeness (QED) is 0.297. The van der Waals surface area contributed by atoms with Crippen LogP contribution in [-0.2, 0) is 5.41 Å². The molecule has 0 aliphatic carbocycles. The van der Waals surface area contributed by atoms with Crippen LogP contribution in [0.4, 0.5) is 5.69 Å². The molecule has 168 valence electrons. The van der Waals surface area contributed by atoms with E-state index < -0.39 is 8.07 Å². The van der Waals surface area contributed by atoms with Crippen LogP contribution in [0.5, 0.6) is 0 Å². The summed E-state index contributed by atoms with van der Waals surface area (Å²) in [5, 5.41) is 7.27. The zero-order valence-electron chi connectivity index (χ0n) is 20.7. The molecule has 0 radical (unpaired) electrons. The van der Waals surface area contributed by atoms with Crippen molar-refractivity contribution in [3.8, 4) is 11.5 Å². The Kier molecular flexibility index (Phi) is 6.32. The first-order valence-corrected chi connectivity index (χ1v) is 15.3. The van der Waals surface area contributed by atoms with Gasteiger partial charge in [0.05, 0.1) is 17.4 Å². The molecule has 0 bridgehead atoms. The summed E-state index contributed by atoms with van der Waals surface area (Å²) in [6.07, 6.45) is 0.879. The van der Waals surface area contributed by atoms with Crippen molar-refractivity contribution in [2.45, 2.75) is 58.3 Å². The van der Waals surface area contributed by atoms with E-state index in [0.717, 1.165) is 23.4 Å². The average Bonchev–Trinajstić information content (AvgIpc) is 3.23. The third-order valence-corrected chi connectivity index (χ3v) is 6.77. The van der Waals surface area contributed by atoms with Gasteiger partial charge in [0.1, 0.15) is 8.07 Å². The van der Waals surface area contributed by atoms with E-state index in [1.165, 1.54) is 16.7 Å². The lowest BCUT2D eigenvalue weighted by molar-refractivity contribution is 0.589. The third-order valence-electron chi connectivity index (χ3n) is 5.89. The second-order valence-corrected chi connectivity index (χ2v) is 15.6. The molecule has 2 nitrogen and oxygen atoms in total. The minimum absolute atomic E-state index is 0.148. The molecule has 1 aliphatic rings. The lowest BCUT2D eigenvalue weighted by Gasteiger charge is -2.25. The first-order valence-electron chi connectivity index (χ1n) is 11.8. The maximum absolute atomic E-state index is 5.09. The van der Waals surface area contributed by atoms with E-state index in [0.29, 0.717) is 0 Å². The van der Waals surface area contributed by atoms with Crippen LogP contribution in [0.15, 0.2) is 84.0 Å². The van der Waals surface area contributed by atoms with Crippen molar-refractivity contribution < 1.29 is 0 Å². The van der Waals surface area contributed by atoms with Gasteiger partial charge in [0.25, 0.3) is 0 Å². The molecule has 0 saturated carbocycles. The predicted molar refractivity (Wildman–Crippen MR) is 145 cm³/mol. The Morgan fingerprint density at radius 1 is 0.848 bits per heavy atom. The molecule has 4 rings (SSSR count). The van der Waals surface area contributed by atoms with Crippen LogP contribution in [0.1, 0.15) is 55.5 Å². The van der Waals surface area contributed by atoms with Gasteiger partial charge < -0.3 is 0 Å². The van der Waals surface area contributed by atoms with E-state index in [-0.39, 0.29) is 11.5 Å². The van der Waals surface area contributed by atoms with Crippen molar-refractivity contribution in [3.63, 3.8) is 0 Å². The molecule has 0 spiro atoms. The SMILES string of the molecule is CC(C)(C)c1ccc(C2CC(c3ccc(C#C[Si](C)(C)C)cc3)=NN2c2ccccc2)cc1. The summed E-state index contributed by atoms with van der Waals surface area (Å²) in [5.74, 6) is 3.35. The summed E-state index contributed by atoms with van der Waals surface area (Å²) in [4.78, 5) is 0. The Morgan fingerprint density at radius 2 is 1.48 bits per heavy atom. The van der Waals surface area contributed by atoms with Crippen LogP contribution in [0, 0.1) is 11.5 Å². The topological polar surface area (TPSA) is 15.6 Å². The zero-order chi connectivity index (χ0) is 23.6. The molecule has 1 atom stereocenters. The van der Waals surface area contributed by atoms with Gasteiger partial charge in [-0.2, -0.15) is 5.10 Å². The van der Waals surface area contributed by atoms with Gasteiger partial charge in [0, 0.05) is 12.0 Å².